The highest BCUT2D eigenvalue weighted by Crippen LogP contribution is 2.32. The predicted octanol–water partition coefficient (Wildman–Crippen LogP) is 4.54. The fourth-order valence-corrected chi connectivity index (χ4v) is 4.19. The van der Waals surface area contributed by atoms with E-state index in [1.807, 2.05) is 24.5 Å². The molecule has 26 heavy (non-hydrogen) atoms. The van der Waals surface area contributed by atoms with Gasteiger partial charge in [-0.25, -0.2) is 4.90 Å². The molecule has 3 heterocycles. The summed E-state index contributed by atoms with van der Waals surface area (Å²) in [5.74, 6) is 0.585. The normalized spacial score (nSPS) is 18.2. The summed E-state index contributed by atoms with van der Waals surface area (Å²) in [6, 6.07) is 10.8. The van der Waals surface area contributed by atoms with Crippen molar-refractivity contribution in [3.05, 3.63) is 52.8 Å². The summed E-state index contributed by atoms with van der Waals surface area (Å²) in [4.78, 5) is 17.9. The molecule has 6 nitrogen and oxygen atoms in total. The Morgan fingerprint density at radius 2 is 2.12 bits per heavy atom. The monoisotopic (exact) mass is 402 g/mol. The van der Waals surface area contributed by atoms with Crippen LogP contribution in [0.15, 0.2) is 55.8 Å². The van der Waals surface area contributed by atoms with Crippen molar-refractivity contribution in [3.63, 3.8) is 0 Å². The van der Waals surface area contributed by atoms with Gasteiger partial charge in [0, 0.05) is 5.56 Å². The zero-order chi connectivity index (χ0) is 18.3. The first-order chi connectivity index (χ1) is 12.6. The van der Waals surface area contributed by atoms with E-state index in [0.717, 1.165) is 17.5 Å². The first-order valence-electron chi connectivity index (χ1n) is 7.46. The number of thioether (sulfide) groups is 1. The lowest BCUT2D eigenvalue weighted by Gasteiger charge is -2.23. The highest BCUT2D eigenvalue weighted by atomic mass is 35.5. The van der Waals surface area contributed by atoms with Crippen molar-refractivity contribution in [3.8, 4) is 11.3 Å². The van der Waals surface area contributed by atoms with Gasteiger partial charge in [-0.2, -0.15) is 9.39 Å². The molecule has 0 saturated heterocycles. The number of rotatable bonds is 2. The van der Waals surface area contributed by atoms with Crippen molar-refractivity contribution in [1.29, 1.82) is 5.41 Å². The van der Waals surface area contributed by atoms with Crippen molar-refractivity contribution in [2.24, 2.45) is 9.39 Å². The van der Waals surface area contributed by atoms with Gasteiger partial charge in [0.05, 0.1) is 22.5 Å². The van der Waals surface area contributed by atoms with E-state index in [9.17, 15) is 4.79 Å². The zero-order valence-electron chi connectivity index (χ0n) is 13.4. The lowest BCUT2D eigenvalue weighted by atomic mass is 10.1. The van der Waals surface area contributed by atoms with E-state index in [2.05, 4.69) is 9.39 Å². The molecule has 0 saturated carbocycles. The van der Waals surface area contributed by atoms with Gasteiger partial charge in [-0.1, -0.05) is 35.5 Å². The number of amides is 1. The van der Waals surface area contributed by atoms with Crippen molar-refractivity contribution < 1.29 is 9.21 Å². The summed E-state index contributed by atoms with van der Waals surface area (Å²) in [6.07, 6.45) is 3.38. The van der Waals surface area contributed by atoms with Crippen LogP contribution in [-0.2, 0) is 4.79 Å². The molecule has 2 aliphatic heterocycles. The Labute approximate surface area is 162 Å². The van der Waals surface area contributed by atoms with Gasteiger partial charge in [0.2, 0.25) is 5.17 Å². The Bertz CT molecular complexity index is 1030. The van der Waals surface area contributed by atoms with Crippen LogP contribution >= 0.6 is 35.3 Å². The topological polar surface area (TPSA) is 82.0 Å². The van der Waals surface area contributed by atoms with Crippen LogP contribution in [-0.4, -0.2) is 33.2 Å². The molecule has 9 heteroatoms. The van der Waals surface area contributed by atoms with Crippen LogP contribution in [0.3, 0.4) is 0 Å². The highest BCUT2D eigenvalue weighted by molar-refractivity contribution is 8.18. The van der Waals surface area contributed by atoms with Crippen LogP contribution in [0.5, 0.6) is 0 Å². The van der Waals surface area contributed by atoms with Crippen LogP contribution in [0, 0.1) is 5.41 Å². The number of benzene rings is 1. The van der Waals surface area contributed by atoms with Crippen molar-refractivity contribution in [2.45, 2.75) is 0 Å². The summed E-state index contributed by atoms with van der Waals surface area (Å²) >= 11 is 8.68. The SMILES string of the molecule is CSC1=NSC2=NC(=O)/C(=C\c3ccc(-c4ccccc4Cl)o3)C(=N)N12. The molecule has 0 bridgehead atoms. The summed E-state index contributed by atoms with van der Waals surface area (Å²) in [5.41, 5.74) is 0.912. The fraction of sp³-hybridized carbons (Fsp3) is 0.0588. The summed E-state index contributed by atoms with van der Waals surface area (Å²) < 4.78 is 10.0. The second-order valence-electron chi connectivity index (χ2n) is 5.29. The smallest absolute Gasteiger partial charge is 0.283 e. The lowest BCUT2D eigenvalue weighted by molar-refractivity contribution is -0.114. The van der Waals surface area contributed by atoms with E-state index < -0.39 is 5.91 Å². The number of nitrogens with zero attached hydrogens (tertiary/aromatic N) is 3. The fourth-order valence-electron chi connectivity index (χ4n) is 2.51. The van der Waals surface area contributed by atoms with Gasteiger partial charge in [0.1, 0.15) is 17.4 Å². The number of carbonyl (C=O) groups is 1. The molecular formula is C17H11ClN4O2S2. The Hall–Kier alpha value is -2.29. The maximum Gasteiger partial charge on any atom is 0.283 e. The summed E-state index contributed by atoms with van der Waals surface area (Å²) in [7, 11) is 0. The maximum absolute atomic E-state index is 12.3. The minimum Gasteiger partial charge on any atom is -0.457 e. The number of furan rings is 1. The quantitative estimate of drug-likeness (QED) is 0.589. The second kappa shape index (κ2) is 6.79. The number of hydrogen-bond acceptors (Lipinski definition) is 6. The van der Waals surface area contributed by atoms with Gasteiger partial charge < -0.3 is 4.42 Å². The van der Waals surface area contributed by atoms with Gasteiger partial charge in [-0.15, -0.1) is 0 Å². The van der Waals surface area contributed by atoms with Crippen LogP contribution in [0.1, 0.15) is 5.76 Å². The average molecular weight is 403 g/mol. The maximum atomic E-state index is 12.3. The molecule has 0 radical (unpaired) electrons. The third kappa shape index (κ3) is 2.90. The van der Waals surface area contributed by atoms with Crippen LogP contribution in [0.2, 0.25) is 5.02 Å². The Morgan fingerprint density at radius 1 is 1.31 bits per heavy atom. The largest absolute Gasteiger partial charge is 0.457 e. The molecule has 0 spiro atoms. The zero-order valence-corrected chi connectivity index (χ0v) is 15.8. The standard InChI is InChI=1S/C17H11ClN4O2S2/c1-25-17-21-26-16-20-15(23)11(14(19)22(16)17)8-9-6-7-13(24-9)10-4-2-3-5-12(10)18/h2-8,19H,1H3/b11-8-,19-14?. The van der Waals surface area contributed by atoms with Crippen molar-refractivity contribution >= 4 is 63.5 Å². The first kappa shape index (κ1) is 17.1. The molecule has 0 fully saturated rings. The summed E-state index contributed by atoms with van der Waals surface area (Å²) in [6.45, 7) is 0. The Balaban J connectivity index is 1.69. The molecule has 1 aromatic carbocycles. The number of fused-ring (bicyclic) bond motifs is 1. The van der Waals surface area contributed by atoms with E-state index in [1.165, 1.54) is 17.8 Å². The molecule has 1 amide bonds. The minimum atomic E-state index is -0.484. The third-order valence-corrected chi connectivity index (χ3v) is 5.52. The summed E-state index contributed by atoms with van der Waals surface area (Å²) in [5, 5.41) is 9.97. The number of amidine groups is 3. The van der Waals surface area contributed by atoms with Gasteiger partial charge in [-0.3, -0.25) is 10.2 Å². The number of carbonyl (C=O) groups excluding carboxylic acids is 1. The van der Waals surface area contributed by atoms with E-state index in [1.54, 1.807) is 23.1 Å². The number of aliphatic imine (C=N–C) groups is 1. The Kier molecular flexibility index (Phi) is 4.47. The number of halogens is 1. The lowest BCUT2D eigenvalue weighted by Crippen LogP contribution is -2.41. The van der Waals surface area contributed by atoms with Crippen LogP contribution in [0.25, 0.3) is 17.4 Å². The highest BCUT2D eigenvalue weighted by Gasteiger charge is 2.37. The molecule has 4 rings (SSSR count). The van der Waals surface area contributed by atoms with Gasteiger partial charge >= 0.3 is 0 Å². The average Bonchev–Trinajstić information content (AvgIpc) is 3.25. The first-order valence-corrected chi connectivity index (χ1v) is 9.83. The molecule has 0 atom stereocenters. The van der Waals surface area contributed by atoms with Gasteiger partial charge in [0.15, 0.2) is 5.17 Å². The number of nitrogens with one attached hydrogen (secondary N) is 1. The molecule has 2 aromatic rings. The van der Waals surface area contributed by atoms with Crippen LogP contribution < -0.4 is 0 Å². The molecule has 0 aliphatic carbocycles. The van der Waals surface area contributed by atoms with E-state index >= 15 is 0 Å². The predicted molar refractivity (Wildman–Crippen MR) is 108 cm³/mol. The Morgan fingerprint density at radius 3 is 2.88 bits per heavy atom. The number of hydrogen-bond donors (Lipinski definition) is 1. The van der Waals surface area contributed by atoms with Gasteiger partial charge in [0.25, 0.3) is 5.91 Å². The molecule has 1 N–H and O–H groups in total. The molecule has 2 aliphatic rings. The van der Waals surface area contributed by atoms with E-state index in [4.69, 9.17) is 21.4 Å². The van der Waals surface area contributed by atoms with Crippen molar-refractivity contribution in [2.75, 3.05) is 6.26 Å². The molecular weight excluding hydrogens is 392 g/mol. The third-order valence-electron chi connectivity index (χ3n) is 3.73. The molecule has 1 aromatic heterocycles. The molecule has 130 valence electrons. The minimum absolute atomic E-state index is 0.0359. The van der Waals surface area contributed by atoms with Gasteiger partial charge in [-0.05, 0) is 36.6 Å². The van der Waals surface area contributed by atoms with E-state index in [0.29, 0.717) is 26.9 Å². The van der Waals surface area contributed by atoms with Crippen molar-refractivity contribution in [1.82, 2.24) is 4.90 Å². The second-order valence-corrected chi connectivity index (χ2v) is 7.20. The van der Waals surface area contributed by atoms with Crippen LogP contribution in [0.4, 0.5) is 0 Å². The molecule has 0 unspecified atom stereocenters. The van der Waals surface area contributed by atoms with E-state index in [-0.39, 0.29) is 11.4 Å².